The summed E-state index contributed by atoms with van der Waals surface area (Å²) >= 11 is 0. The number of nitrogens with zero attached hydrogens (tertiary/aromatic N) is 1. The lowest BCUT2D eigenvalue weighted by atomic mass is 10.0. The van der Waals surface area contributed by atoms with Crippen LogP contribution in [0.25, 0.3) is 0 Å². The van der Waals surface area contributed by atoms with E-state index in [0.717, 1.165) is 14.2 Å². The molecule has 28 heavy (non-hydrogen) atoms. The maximum absolute atomic E-state index is 13.4. The zero-order valence-corrected chi connectivity index (χ0v) is 14.4. The van der Waals surface area contributed by atoms with Crippen molar-refractivity contribution in [2.45, 2.75) is 6.18 Å². The van der Waals surface area contributed by atoms with Crippen molar-refractivity contribution in [2.75, 3.05) is 14.2 Å². The van der Waals surface area contributed by atoms with Gasteiger partial charge in [-0.15, -0.1) is 0 Å². The van der Waals surface area contributed by atoms with E-state index in [2.05, 4.69) is 9.47 Å². The first-order valence-electron chi connectivity index (χ1n) is 7.43. The van der Waals surface area contributed by atoms with Gasteiger partial charge >= 0.3 is 23.8 Å². The molecule has 0 aliphatic carbocycles. The Kier molecular flexibility index (Phi) is 5.87. The number of ether oxygens (including phenoxy) is 3. The van der Waals surface area contributed by atoms with E-state index in [-0.39, 0.29) is 11.3 Å². The molecule has 148 valence electrons. The molecule has 2 aromatic rings. The van der Waals surface area contributed by atoms with Gasteiger partial charge in [0.25, 0.3) is 0 Å². The standard InChI is InChI=1S/C17H12F3NO7/c1-26-15(22)9-5-3-4-6-13(9)28-14-8-11(17(18,19)20)10(16(23)27-2)7-12(14)21(24)25/h3-8H,1-2H3. The molecule has 0 fully saturated rings. The number of nitro groups is 1. The van der Waals surface area contributed by atoms with Gasteiger partial charge in [0.15, 0.2) is 0 Å². The molecule has 0 spiro atoms. The minimum absolute atomic E-state index is 0.162. The number of hydrogen-bond acceptors (Lipinski definition) is 7. The van der Waals surface area contributed by atoms with Crippen LogP contribution in [-0.2, 0) is 15.7 Å². The van der Waals surface area contributed by atoms with Gasteiger partial charge in [-0.05, 0) is 12.1 Å². The topological polar surface area (TPSA) is 105 Å². The highest BCUT2D eigenvalue weighted by molar-refractivity contribution is 5.93. The van der Waals surface area contributed by atoms with Gasteiger partial charge in [-0.25, -0.2) is 9.59 Å². The van der Waals surface area contributed by atoms with Crippen LogP contribution in [0.4, 0.5) is 18.9 Å². The highest BCUT2D eigenvalue weighted by atomic mass is 19.4. The van der Waals surface area contributed by atoms with E-state index in [1.807, 2.05) is 0 Å². The second-order valence-electron chi connectivity index (χ2n) is 5.20. The van der Waals surface area contributed by atoms with E-state index >= 15 is 0 Å². The molecule has 0 heterocycles. The Hall–Kier alpha value is -3.63. The fourth-order valence-corrected chi connectivity index (χ4v) is 2.26. The Labute approximate surface area is 155 Å². The average Bonchev–Trinajstić information content (AvgIpc) is 2.65. The minimum atomic E-state index is -5.03. The van der Waals surface area contributed by atoms with Gasteiger partial charge in [-0.3, -0.25) is 10.1 Å². The predicted molar refractivity (Wildman–Crippen MR) is 87.3 cm³/mol. The molecule has 0 aliphatic heterocycles. The highest BCUT2D eigenvalue weighted by Crippen LogP contribution is 2.41. The molecule has 2 rings (SSSR count). The Bertz CT molecular complexity index is 941. The smallest absolute Gasteiger partial charge is 0.417 e. The number of benzene rings is 2. The van der Waals surface area contributed by atoms with Crippen LogP contribution in [0.5, 0.6) is 11.5 Å². The Morgan fingerprint density at radius 1 is 0.964 bits per heavy atom. The summed E-state index contributed by atoms with van der Waals surface area (Å²) in [4.78, 5) is 33.7. The summed E-state index contributed by atoms with van der Waals surface area (Å²) in [6, 6.07) is 6.04. The molecule has 11 heteroatoms. The molecule has 0 bridgehead atoms. The second-order valence-corrected chi connectivity index (χ2v) is 5.20. The van der Waals surface area contributed by atoms with Crippen molar-refractivity contribution in [1.82, 2.24) is 0 Å². The fraction of sp³-hybridized carbons (Fsp3) is 0.176. The number of hydrogen-bond donors (Lipinski definition) is 0. The van der Waals surface area contributed by atoms with Crippen molar-refractivity contribution in [3.05, 3.63) is 63.2 Å². The largest absolute Gasteiger partial charge is 0.465 e. The van der Waals surface area contributed by atoms with E-state index < -0.39 is 45.6 Å². The van der Waals surface area contributed by atoms with E-state index in [9.17, 15) is 32.9 Å². The normalized spacial score (nSPS) is 10.9. The van der Waals surface area contributed by atoms with E-state index in [1.165, 1.54) is 24.3 Å². The number of para-hydroxylation sites is 1. The highest BCUT2D eigenvalue weighted by Gasteiger charge is 2.39. The number of methoxy groups -OCH3 is 2. The molecule has 0 saturated carbocycles. The Morgan fingerprint density at radius 2 is 1.54 bits per heavy atom. The summed E-state index contributed by atoms with van der Waals surface area (Å²) in [6.45, 7) is 0. The molecule has 0 radical (unpaired) electrons. The number of nitro benzene ring substituents is 1. The van der Waals surface area contributed by atoms with Gasteiger partial charge in [-0.2, -0.15) is 13.2 Å². The third-order valence-electron chi connectivity index (χ3n) is 3.52. The molecular formula is C17H12F3NO7. The van der Waals surface area contributed by atoms with E-state index in [4.69, 9.17) is 4.74 Å². The molecule has 0 aromatic heterocycles. The molecule has 0 unspecified atom stereocenters. The minimum Gasteiger partial charge on any atom is -0.465 e. The van der Waals surface area contributed by atoms with Gasteiger partial charge in [0.1, 0.15) is 11.3 Å². The third kappa shape index (κ3) is 4.19. The summed E-state index contributed by atoms with van der Waals surface area (Å²) < 4.78 is 54.1. The quantitative estimate of drug-likeness (QED) is 0.425. The molecule has 0 aliphatic rings. The number of esters is 2. The average molecular weight is 399 g/mol. The maximum atomic E-state index is 13.4. The molecule has 8 nitrogen and oxygen atoms in total. The molecular weight excluding hydrogens is 387 g/mol. The summed E-state index contributed by atoms with van der Waals surface area (Å²) in [7, 11) is 1.92. The van der Waals surface area contributed by atoms with Crippen LogP contribution in [0.15, 0.2) is 36.4 Å². The number of alkyl halides is 3. The number of carbonyl (C=O) groups excluding carboxylic acids is 2. The van der Waals surface area contributed by atoms with Crippen molar-refractivity contribution in [3.63, 3.8) is 0 Å². The van der Waals surface area contributed by atoms with Gasteiger partial charge in [-0.1, -0.05) is 12.1 Å². The zero-order chi connectivity index (χ0) is 21.1. The first-order valence-corrected chi connectivity index (χ1v) is 7.43. The van der Waals surface area contributed by atoms with E-state index in [0.29, 0.717) is 12.1 Å². The molecule has 0 saturated heterocycles. The third-order valence-corrected chi connectivity index (χ3v) is 3.52. The van der Waals surface area contributed by atoms with Gasteiger partial charge < -0.3 is 14.2 Å². The SMILES string of the molecule is COC(=O)c1ccccc1Oc1cc(C(F)(F)F)c(C(=O)OC)cc1[N+](=O)[O-]. The first kappa shape index (κ1) is 20.7. The fourth-order valence-electron chi connectivity index (χ4n) is 2.26. The van der Waals surface area contributed by atoms with Gasteiger partial charge in [0, 0.05) is 12.1 Å². The molecule has 0 atom stereocenters. The van der Waals surface area contributed by atoms with Crippen molar-refractivity contribution >= 4 is 17.6 Å². The van der Waals surface area contributed by atoms with Crippen LogP contribution in [0, 0.1) is 10.1 Å². The number of halogens is 3. The van der Waals surface area contributed by atoms with Crippen LogP contribution < -0.4 is 4.74 Å². The summed E-state index contributed by atoms with van der Waals surface area (Å²) in [5.74, 6) is -3.35. The monoisotopic (exact) mass is 399 g/mol. The molecule has 0 amide bonds. The lowest BCUT2D eigenvalue weighted by Gasteiger charge is -2.15. The zero-order valence-electron chi connectivity index (χ0n) is 14.4. The lowest BCUT2D eigenvalue weighted by molar-refractivity contribution is -0.385. The van der Waals surface area contributed by atoms with Crippen LogP contribution in [0.2, 0.25) is 0 Å². The van der Waals surface area contributed by atoms with Crippen LogP contribution in [0.1, 0.15) is 26.3 Å². The Morgan fingerprint density at radius 3 is 2.07 bits per heavy atom. The summed E-state index contributed by atoms with van der Waals surface area (Å²) in [6.07, 6.45) is -5.03. The summed E-state index contributed by atoms with van der Waals surface area (Å²) in [5.41, 5.74) is -3.62. The maximum Gasteiger partial charge on any atom is 0.417 e. The van der Waals surface area contributed by atoms with Crippen molar-refractivity contribution in [3.8, 4) is 11.5 Å². The summed E-state index contributed by atoms with van der Waals surface area (Å²) in [5, 5.41) is 11.3. The van der Waals surface area contributed by atoms with E-state index in [1.54, 1.807) is 0 Å². The van der Waals surface area contributed by atoms with Gasteiger partial charge in [0.05, 0.1) is 30.3 Å². The lowest BCUT2D eigenvalue weighted by Crippen LogP contribution is -2.15. The molecule has 0 N–H and O–H groups in total. The van der Waals surface area contributed by atoms with Crippen LogP contribution >= 0.6 is 0 Å². The number of carbonyl (C=O) groups is 2. The van der Waals surface area contributed by atoms with Crippen molar-refractivity contribution < 1.29 is 41.9 Å². The van der Waals surface area contributed by atoms with Crippen LogP contribution in [0.3, 0.4) is 0 Å². The van der Waals surface area contributed by atoms with Crippen molar-refractivity contribution in [1.29, 1.82) is 0 Å². The predicted octanol–water partition coefficient (Wildman–Crippen LogP) is 3.98. The molecule has 2 aromatic carbocycles. The second kappa shape index (κ2) is 7.94. The van der Waals surface area contributed by atoms with Crippen LogP contribution in [-0.4, -0.2) is 31.1 Å². The van der Waals surface area contributed by atoms with Crippen molar-refractivity contribution in [2.24, 2.45) is 0 Å². The Balaban J connectivity index is 2.69. The van der Waals surface area contributed by atoms with Gasteiger partial charge in [0.2, 0.25) is 5.75 Å². The first-order chi connectivity index (χ1) is 13.1. The number of rotatable bonds is 5.